The molecule has 0 aliphatic carbocycles. The lowest BCUT2D eigenvalue weighted by Crippen LogP contribution is -2.16. The van der Waals surface area contributed by atoms with Crippen molar-refractivity contribution in [1.29, 1.82) is 0 Å². The van der Waals surface area contributed by atoms with Gasteiger partial charge in [-0.15, -0.1) is 0 Å². The van der Waals surface area contributed by atoms with Crippen LogP contribution >= 0.6 is 11.6 Å². The van der Waals surface area contributed by atoms with Gasteiger partial charge in [0, 0.05) is 13.7 Å². The van der Waals surface area contributed by atoms with Crippen molar-refractivity contribution in [3.05, 3.63) is 51.8 Å². The molecule has 2 atom stereocenters. The van der Waals surface area contributed by atoms with E-state index in [9.17, 15) is 5.11 Å². The fraction of sp³-hybridized carbons (Fsp3) is 0.450. The number of hydrogen-bond acceptors (Lipinski definition) is 6. The van der Waals surface area contributed by atoms with Crippen molar-refractivity contribution in [3.63, 3.8) is 0 Å². The molecule has 0 saturated heterocycles. The predicted octanol–water partition coefficient (Wildman–Crippen LogP) is 4.18. The minimum atomic E-state index is -0.919. The molecular formula is C20H26ClNO5. The first kappa shape index (κ1) is 21.4. The van der Waals surface area contributed by atoms with Crippen LogP contribution in [0.5, 0.6) is 11.5 Å². The quantitative estimate of drug-likeness (QED) is 0.507. The van der Waals surface area contributed by atoms with Crippen LogP contribution in [0.15, 0.2) is 24.3 Å². The largest absolute Gasteiger partial charge is 0.465 e. The summed E-state index contributed by atoms with van der Waals surface area (Å²) < 4.78 is 21.3. The topological polar surface area (TPSA) is 70.0 Å². The van der Waals surface area contributed by atoms with E-state index in [1.165, 1.54) is 7.11 Å². The number of aliphatic hydroxyl groups excluding tert-OH is 1. The van der Waals surface area contributed by atoms with Crippen molar-refractivity contribution in [1.82, 2.24) is 4.98 Å². The fourth-order valence-electron chi connectivity index (χ4n) is 2.86. The maximum atomic E-state index is 10.8. The minimum absolute atomic E-state index is 0.0726. The Labute approximate surface area is 165 Å². The van der Waals surface area contributed by atoms with Crippen LogP contribution in [0.25, 0.3) is 0 Å². The summed E-state index contributed by atoms with van der Waals surface area (Å²) >= 11 is 6.15. The highest BCUT2D eigenvalue weighted by Crippen LogP contribution is 2.32. The van der Waals surface area contributed by atoms with E-state index in [-0.39, 0.29) is 18.2 Å². The molecule has 1 N–H and O–H groups in total. The number of aryl methyl sites for hydroxylation is 2. The van der Waals surface area contributed by atoms with Gasteiger partial charge in [-0.05, 0) is 68.7 Å². The summed E-state index contributed by atoms with van der Waals surface area (Å²) in [7, 11) is 1.52. The monoisotopic (exact) mass is 395 g/mol. The Morgan fingerprint density at radius 1 is 1.19 bits per heavy atom. The zero-order valence-corrected chi connectivity index (χ0v) is 17.0. The van der Waals surface area contributed by atoms with Gasteiger partial charge in [0.25, 0.3) is 0 Å². The smallest absolute Gasteiger partial charge is 0.196 e. The molecule has 27 heavy (non-hydrogen) atoms. The lowest BCUT2D eigenvalue weighted by Gasteiger charge is -2.20. The van der Waals surface area contributed by atoms with Crippen molar-refractivity contribution >= 4 is 11.6 Å². The van der Waals surface area contributed by atoms with Crippen molar-refractivity contribution in [3.8, 4) is 11.5 Å². The highest BCUT2D eigenvalue weighted by molar-refractivity contribution is 6.30. The zero-order chi connectivity index (χ0) is 20.0. The maximum absolute atomic E-state index is 10.8. The molecule has 1 aromatic carbocycles. The number of halogens is 1. The molecule has 0 aliphatic heterocycles. The molecule has 0 radical (unpaired) electrons. The molecular weight excluding hydrogens is 370 g/mol. The van der Waals surface area contributed by atoms with Crippen LogP contribution < -0.4 is 9.47 Å². The van der Waals surface area contributed by atoms with E-state index < -0.39 is 6.10 Å². The summed E-state index contributed by atoms with van der Waals surface area (Å²) in [6.07, 6.45) is -1.26. The lowest BCUT2D eigenvalue weighted by atomic mass is 9.95. The van der Waals surface area contributed by atoms with Gasteiger partial charge in [-0.1, -0.05) is 11.6 Å². The first-order valence-corrected chi connectivity index (χ1v) is 9.10. The molecule has 148 valence electrons. The van der Waals surface area contributed by atoms with Gasteiger partial charge in [0.15, 0.2) is 24.0 Å². The number of aromatic nitrogens is 1. The Hall–Kier alpha value is -1.86. The molecule has 1 aromatic heterocycles. The van der Waals surface area contributed by atoms with Crippen LogP contribution in [0.3, 0.4) is 0 Å². The first-order valence-electron chi connectivity index (χ1n) is 8.73. The Morgan fingerprint density at radius 3 is 2.41 bits per heavy atom. The SMILES string of the molecule is CCOC(C)Oc1cc(C)c(C(O)c2ccc(OCOC)c(Cl)n2)c(C)c1. The predicted molar refractivity (Wildman–Crippen MR) is 103 cm³/mol. The lowest BCUT2D eigenvalue weighted by molar-refractivity contribution is -0.0613. The van der Waals surface area contributed by atoms with Crippen molar-refractivity contribution in [2.24, 2.45) is 0 Å². The zero-order valence-electron chi connectivity index (χ0n) is 16.3. The number of benzene rings is 1. The highest BCUT2D eigenvalue weighted by Gasteiger charge is 2.20. The van der Waals surface area contributed by atoms with Gasteiger partial charge in [0.05, 0.1) is 5.69 Å². The summed E-state index contributed by atoms with van der Waals surface area (Å²) in [6, 6.07) is 7.10. The molecule has 0 bridgehead atoms. The summed E-state index contributed by atoms with van der Waals surface area (Å²) in [5, 5.41) is 11.0. The van der Waals surface area contributed by atoms with Crippen LogP contribution in [0, 0.1) is 13.8 Å². The van der Waals surface area contributed by atoms with Gasteiger partial charge in [-0.3, -0.25) is 0 Å². The number of methoxy groups -OCH3 is 1. The standard InChI is InChI=1S/C20H26ClNO5/c1-6-25-14(4)27-15-9-12(2)18(13(3)10-15)19(23)16-7-8-17(20(21)22-16)26-11-24-5/h7-10,14,19,23H,6,11H2,1-5H3. The third kappa shape index (κ3) is 5.56. The van der Waals surface area contributed by atoms with Crippen molar-refractivity contribution in [2.45, 2.75) is 40.1 Å². The van der Waals surface area contributed by atoms with Crippen molar-refractivity contribution in [2.75, 3.05) is 20.5 Å². The van der Waals surface area contributed by atoms with Gasteiger partial charge in [0.2, 0.25) is 0 Å². The maximum Gasteiger partial charge on any atom is 0.196 e. The van der Waals surface area contributed by atoms with Crippen LogP contribution in [0.1, 0.15) is 42.3 Å². The number of ether oxygens (including phenoxy) is 4. The van der Waals surface area contributed by atoms with Gasteiger partial charge in [-0.2, -0.15) is 0 Å². The van der Waals surface area contributed by atoms with E-state index >= 15 is 0 Å². The molecule has 0 spiro atoms. The summed E-state index contributed by atoms with van der Waals surface area (Å²) in [5.74, 6) is 1.09. The van der Waals surface area contributed by atoms with Crippen LogP contribution in [-0.4, -0.2) is 36.9 Å². The van der Waals surface area contributed by atoms with Crippen molar-refractivity contribution < 1.29 is 24.1 Å². The summed E-state index contributed by atoms with van der Waals surface area (Å²) in [6.45, 7) is 8.24. The second-order valence-corrected chi connectivity index (χ2v) is 6.45. The second kappa shape index (κ2) is 9.90. The molecule has 0 saturated carbocycles. The van der Waals surface area contributed by atoms with E-state index in [1.54, 1.807) is 12.1 Å². The third-order valence-electron chi connectivity index (χ3n) is 3.99. The molecule has 6 nitrogen and oxygen atoms in total. The van der Waals surface area contributed by atoms with Crippen LogP contribution in [0.4, 0.5) is 0 Å². The third-order valence-corrected chi connectivity index (χ3v) is 4.26. The molecule has 0 amide bonds. The van der Waals surface area contributed by atoms with E-state index in [2.05, 4.69) is 4.98 Å². The molecule has 2 rings (SSSR count). The number of pyridine rings is 1. The number of aliphatic hydroxyl groups is 1. The molecule has 0 fully saturated rings. The first-order chi connectivity index (χ1) is 12.9. The van der Waals surface area contributed by atoms with Gasteiger partial charge < -0.3 is 24.1 Å². The highest BCUT2D eigenvalue weighted by atomic mass is 35.5. The van der Waals surface area contributed by atoms with E-state index in [0.29, 0.717) is 23.8 Å². The Morgan fingerprint density at radius 2 is 1.85 bits per heavy atom. The Bertz CT molecular complexity index is 745. The molecule has 1 heterocycles. The minimum Gasteiger partial charge on any atom is -0.465 e. The summed E-state index contributed by atoms with van der Waals surface area (Å²) in [4.78, 5) is 4.26. The average Bonchev–Trinajstić information content (AvgIpc) is 2.60. The second-order valence-electron chi connectivity index (χ2n) is 6.09. The van der Waals surface area contributed by atoms with Crippen LogP contribution in [0.2, 0.25) is 5.15 Å². The summed E-state index contributed by atoms with van der Waals surface area (Å²) in [5.41, 5.74) is 2.98. The van der Waals surface area contributed by atoms with Gasteiger partial charge >= 0.3 is 0 Å². The van der Waals surface area contributed by atoms with E-state index in [0.717, 1.165) is 16.7 Å². The van der Waals surface area contributed by atoms with Crippen LogP contribution in [-0.2, 0) is 9.47 Å². The number of rotatable bonds is 9. The van der Waals surface area contributed by atoms with Gasteiger partial charge in [-0.25, -0.2) is 4.98 Å². The average molecular weight is 396 g/mol. The molecule has 2 aromatic rings. The molecule has 2 unspecified atom stereocenters. The van der Waals surface area contributed by atoms with E-state index in [1.807, 2.05) is 39.8 Å². The van der Waals surface area contributed by atoms with E-state index in [4.69, 9.17) is 30.5 Å². The fourth-order valence-corrected chi connectivity index (χ4v) is 3.08. The number of nitrogens with zero attached hydrogens (tertiary/aromatic N) is 1. The van der Waals surface area contributed by atoms with Gasteiger partial charge in [0.1, 0.15) is 11.9 Å². The normalized spacial score (nSPS) is 13.3. The Kier molecular flexibility index (Phi) is 7.86. The number of hydrogen-bond donors (Lipinski definition) is 1. The molecule has 7 heteroatoms. The molecule has 0 aliphatic rings. The Balaban J connectivity index is 2.25.